The van der Waals surface area contributed by atoms with Gasteiger partial charge in [0.2, 0.25) is 0 Å². The van der Waals surface area contributed by atoms with Crippen LogP contribution in [0.15, 0.2) is 0 Å². The number of hydrogen-bond donors (Lipinski definition) is 1. The van der Waals surface area contributed by atoms with Crippen molar-refractivity contribution < 1.29 is 0 Å². The van der Waals surface area contributed by atoms with Crippen LogP contribution in [0.2, 0.25) is 5.02 Å². The Morgan fingerprint density at radius 2 is 2.21 bits per heavy atom. The second-order valence-corrected chi connectivity index (χ2v) is 5.58. The number of likely N-dealkylation sites (N-methyl/N-ethyl adjacent to an activating group) is 1. The van der Waals surface area contributed by atoms with E-state index in [0.717, 1.165) is 36.8 Å². The fraction of sp³-hybridized carbons (Fsp3) is 0.786. The highest BCUT2D eigenvalue weighted by Crippen LogP contribution is 2.26. The number of nitrogens with one attached hydrogen (secondary N) is 1. The van der Waals surface area contributed by atoms with Gasteiger partial charge in [0.1, 0.15) is 0 Å². The summed E-state index contributed by atoms with van der Waals surface area (Å²) >= 11 is 6.49. The summed E-state index contributed by atoms with van der Waals surface area (Å²) in [6, 6.07) is 0.631. The molecule has 1 N–H and O–H groups in total. The first kappa shape index (κ1) is 14.8. The van der Waals surface area contributed by atoms with Gasteiger partial charge in [0.05, 0.1) is 16.4 Å². The lowest BCUT2D eigenvalue weighted by atomic mass is 10.2. The highest BCUT2D eigenvalue weighted by Gasteiger charge is 2.26. The van der Waals surface area contributed by atoms with Crippen molar-refractivity contribution in [1.29, 1.82) is 0 Å². The number of aromatic nitrogens is 2. The molecule has 0 aliphatic carbocycles. The molecule has 2 heterocycles. The molecule has 0 bridgehead atoms. The van der Waals surface area contributed by atoms with Gasteiger partial charge >= 0.3 is 0 Å². The summed E-state index contributed by atoms with van der Waals surface area (Å²) in [7, 11) is 2.02. The number of rotatable bonds is 6. The molecule has 1 aliphatic heterocycles. The molecular formula is C14H25ClN4. The van der Waals surface area contributed by atoms with E-state index in [4.69, 9.17) is 11.6 Å². The summed E-state index contributed by atoms with van der Waals surface area (Å²) in [6.45, 7) is 8.27. The second-order valence-electron chi connectivity index (χ2n) is 5.20. The van der Waals surface area contributed by atoms with E-state index in [1.165, 1.54) is 25.1 Å². The molecule has 1 aliphatic rings. The Hall–Kier alpha value is -0.580. The molecule has 1 saturated heterocycles. The molecule has 0 amide bonds. The maximum Gasteiger partial charge on any atom is 0.0863 e. The molecule has 5 heteroatoms. The monoisotopic (exact) mass is 284 g/mol. The average molecular weight is 285 g/mol. The van der Waals surface area contributed by atoms with Crippen molar-refractivity contribution in [3.8, 4) is 0 Å². The largest absolute Gasteiger partial charge is 0.318 e. The average Bonchev–Trinajstić information content (AvgIpc) is 2.97. The van der Waals surface area contributed by atoms with Crippen molar-refractivity contribution in [2.24, 2.45) is 0 Å². The zero-order chi connectivity index (χ0) is 13.8. The fourth-order valence-electron chi connectivity index (χ4n) is 2.93. The van der Waals surface area contributed by atoms with Gasteiger partial charge < -0.3 is 5.32 Å². The standard InChI is InChI=1S/C14H25ClN4/c1-4-12-14(15)13(19(5-2)17-12)10-18-8-6-7-11(18)9-16-3/h11,16H,4-10H2,1-3H3. The Labute approximate surface area is 121 Å². The molecule has 2 rings (SSSR count). The summed E-state index contributed by atoms with van der Waals surface area (Å²) in [6.07, 6.45) is 3.46. The lowest BCUT2D eigenvalue weighted by Gasteiger charge is -2.24. The summed E-state index contributed by atoms with van der Waals surface area (Å²) in [4.78, 5) is 2.53. The fourth-order valence-corrected chi connectivity index (χ4v) is 3.26. The third-order valence-electron chi connectivity index (χ3n) is 3.99. The van der Waals surface area contributed by atoms with Gasteiger partial charge in [-0.05, 0) is 39.8 Å². The van der Waals surface area contributed by atoms with Crippen LogP contribution in [0, 0.1) is 0 Å². The molecule has 1 aromatic heterocycles. The Bertz CT molecular complexity index is 416. The van der Waals surface area contributed by atoms with E-state index >= 15 is 0 Å². The molecule has 0 spiro atoms. The van der Waals surface area contributed by atoms with Crippen LogP contribution in [-0.2, 0) is 19.5 Å². The van der Waals surface area contributed by atoms with Gasteiger partial charge in [-0.2, -0.15) is 5.10 Å². The Morgan fingerprint density at radius 1 is 1.42 bits per heavy atom. The van der Waals surface area contributed by atoms with Crippen LogP contribution in [0.3, 0.4) is 0 Å². The van der Waals surface area contributed by atoms with Crippen LogP contribution >= 0.6 is 11.6 Å². The molecule has 19 heavy (non-hydrogen) atoms. The molecule has 0 radical (unpaired) electrons. The predicted molar refractivity (Wildman–Crippen MR) is 79.6 cm³/mol. The van der Waals surface area contributed by atoms with Gasteiger partial charge in [-0.3, -0.25) is 9.58 Å². The van der Waals surface area contributed by atoms with Gasteiger partial charge in [0, 0.05) is 25.7 Å². The molecule has 4 nitrogen and oxygen atoms in total. The minimum Gasteiger partial charge on any atom is -0.318 e. The van der Waals surface area contributed by atoms with Crippen LogP contribution in [0.1, 0.15) is 38.1 Å². The summed E-state index contributed by atoms with van der Waals surface area (Å²) in [5.41, 5.74) is 2.21. The van der Waals surface area contributed by atoms with E-state index in [0.29, 0.717) is 6.04 Å². The Balaban J connectivity index is 2.15. The van der Waals surface area contributed by atoms with Gasteiger partial charge in [0.25, 0.3) is 0 Å². The zero-order valence-electron chi connectivity index (χ0n) is 12.2. The molecule has 1 unspecified atom stereocenters. The molecule has 108 valence electrons. The molecule has 0 saturated carbocycles. The first-order valence-electron chi connectivity index (χ1n) is 7.33. The van der Waals surface area contributed by atoms with Crippen molar-refractivity contribution in [2.75, 3.05) is 20.1 Å². The third-order valence-corrected chi connectivity index (χ3v) is 4.42. The number of nitrogens with zero attached hydrogens (tertiary/aromatic N) is 3. The smallest absolute Gasteiger partial charge is 0.0863 e. The first-order chi connectivity index (χ1) is 9.21. The summed E-state index contributed by atoms with van der Waals surface area (Å²) < 4.78 is 2.07. The SMILES string of the molecule is CCc1nn(CC)c(CN2CCCC2CNC)c1Cl. The van der Waals surface area contributed by atoms with E-state index in [-0.39, 0.29) is 0 Å². The second kappa shape index (κ2) is 6.73. The van der Waals surface area contributed by atoms with Crippen LogP contribution in [0.25, 0.3) is 0 Å². The van der Waals surface area contributed by atoms with Crippen LogP contribution in [0.4, 0.5) is 0 Å². The minimum atomic E-state index is 0.631. The zero-order valence-corrected chi connectivity index (χ0v) is 13.0. The van der Waals surface area contributed by atoms with Crippen molar-refractivity contribution >= 4 is 11.6 Å². The molecule has 1 fully saturated rings. The van der Waals surface area contributed by atoms with E-state index in [1.807, 2.05) is 7.05 Å². The highest BCUT2D eigenvalue weighted by molar-refractivity contribution is 6.31. The van der Waals surface area contributed by atoms with Crippen molar-refractivity contribution in [2.45, 2.75) is 52.2 Å². The van der Waals surface area contributed by atoms with Gasteiger partial charge in [-0.25, -0.2) is 0 Å². The Morgan fingerprint density at radius 3 is 2.84 bits per heavy atom. The first-order valence-corrected chi connectivity index (χ1v) is 7.71. The lowest BCUT2D eigenvalue weighted by Crippen LogP contribution is -2.36. The van der Waals surface area contributed by atoms with Crippen molar-refractivity contribution in [3.05, 3.63) is 16.4 Å². The lowest BCUT2D eigenvalue weighted by molar-refractivity contribution is 0.235. The summed E-state index contributed by atoms with van der Waals surface area (Å²) in [5, 5.41) is 8.76. The van der Waals surface area contributed by atoms with Gasteiger partial charge in [-0.15, -0.1) is 0 Å². The summed E-state index contributed by atoms with van der Waals surface area (Å²) in [5.74, 6) is 0. The topological polar surface area (TPSA) is 33.1 Å². The molecule has 1 atom stereocenters. The predicted octanol–water partition coefficient (Wildman–Crippen LogP) is 2.30. The van der Waals surface area contributed by atoms with Crippen LogP contribution in [-0.4, -0.2) is 40.9 Å². The van der Waals surface area contributed by atoms with Gasteiger partial charge in [-0.1, -0.05) is 18.5 Å². The molecular weight excluding hydrogens is 260 g/mol. The van der Waals surface area contributed by atoms with Crippen LogP contribution < -0.4 is 5.32 Å². The van der Waals surface area contributed by atoms with Crippen LogP contribution in [0.5, 0.6) is 0 Å². The number of aryl methyl sites for hydroxylation is 2. The minimum absolute atomic E-state index is 0.631. The maximum absolute atomic E-state index is 6.49. The third kappa shape index (κ3) is 3.12. The molecule has 1 aromatic rings. The van der Waals surface area contributed by atoms with E-state index in [9.17, 15) is 0 Å². The normalized spacial score (nSPS) is 20.3. The molecule has 0 aromatic carbocycles. The van der Waals surface area contributed by atoms with Crippen molar-refractivity contribution in [1.82, 2.24) is 20.0 Å². The van der Waals surface area contributed by atoms with Crippen molar-refractivity contribution in [3.63, 3.8) is 0 Å². The van der Waals surface area contributed by atoms with Gasteiger partial charge in [0.15, 0.2) is 0 Å². The number of halogens is 1. The van der Waals surface area contributed by atoms with E-state index in [2.05, 4.69) is 33.8 Å². The quantitative estimate of drug-likeness (QED) is 0.870. The van der Waals surface area contributed by atoms with E-state index < -0.39 is 0 Å². The number of hydrogen-bond acceptors (Lipinski definition) is 3. The number of likely N-dealkylation sites (tertiary alicyclic amines) is 1. The Kier molecular flexibility index (Phi) is 5.25. The maximum atomic E-state index is 6.49. The van der Waals surface area contributed by atoms with E-state index in [1.54, 1.807) is 0 Å². The highest BCUT2D eigenvalue weighted by atomic mass is 35.5.